The number of halogens is 4. The predicted molar refractivity (Wildman–Crippen MR) is 138 cm³/mol. The van der Waals surface area contributed by atoms with Gasteiger partial charge in [0.1, 0.15) is 12.6 Å². The highest BCUT2D eigenvalue weighted by molar-refractivity contribution is 7.92. The van der Waals surface area contributed by atoms with Gasteiger partial charge in [0.25, 0.3) is 0 Å². The molecule has 2 amide bonds. The summed E-state index contributed by atoms with van der Waals surface area (Å²) in [6.07, 6.45) is 0.970. The highest BCUT2D eigenvalue weighted by Gasteiger charge is 2.30. The number of sulfonamides is 1. The number of nitrogens with zero attached hydrogens (tertiary/aromatic N) is 2. The first-order valence-corrected chi connectivity index (χ1v) is 13.5. The zero-order valence-corrected chi connectivity index (χ0v) is 22.8. The van der Waals surface area contributed by atoms with Crippen LogP contribution in [0.25, 0.3) is 0 Å². The summed E-state index contributed by atoms with van der Waals surface area (Å²) in [7, 11) is -3.89. The Bertz CT molecular complexity index is 1170. The van der Waals surface area contributed by atoms with Crippen LogP contribution in [0, 0.1) is 0 Å². The standard InChI is InChI=1S/C22H25Cl4N3O4S/c1-13(2)27-22(31)14(3)28(11-15-5-6-16(23)9-19(15)25)21(30)12-29(34(4,32)33)17-7-8-18(24)20(26)10-17/h5-10,13-14H,11-12H2,1-4H3,(H,27,31). The van der Waals surface area contributed by atoms with Crippen LogP contribution >= 0.6 is 46.4 Å². The third-order valence-electron chi connectivity index (χ3n) is 4.82. The van der Waals surface area contributed by atoms with Crippen LogP contribution in [0.15, 0.2) is 36.4 Å². The molecule has 12 heteroatoms. The molecule has 0 spiro atoms. The summed E-state index contributed by atoms with van der Waals surface area (Å²) < 4.78 is 26.0. The van der Waals surface area contributed by atoms with Crippen molar-refractivity contribution in [3.63, 3.8) is 0 Å². The first kappa shape index (κ1) is 28.5. The van der Waals surface area contributed by atoms with Crippen LogP contribution in [0.3, 0.4) is 0 Å². The normalized spacial score (nSPS) is 12.4. The molecular weight excluding hydrogens is 544 g/mol. The van der Waals surface area contributed by atoms with Gasteiger partial charge in [-0.05, 0) is 56.7 Å². The van der Waals surface area contributed by atoms with Gasteiger partial charge in [0.2, 0.25) is 21.8 Å². The maximum absolute atomic E-state index is 13.5. The van der Waals surface area contributed by atoms with Gasteiger partial charge >= 0.3 is 0 Å². The van der Waals surface area contributed by atoms with Gasteiger partial charge in [0.05, 0.1) is 22.0 Å². The first-order chi connectivity index (χ1) is 15.7. The van der Waals surface area contributed by atoms with E-state index in [4.69, 9.17) is 46.4 Å². The molecular formula is C22H25Cl4N3O4S. The van der Waals surface area contributed by atoms with Crippen molar-refractivity contribution < 1.29 is 18.0 Å². The number of benzene rings is 2. The van der Waals surface area contributed by atoms with E-state index in [9.17, 15) is 18.0 Å². The number of carbonyl (C=O) groups excluding carboxylic acids is 2. The molecule has 1 N–H and O–H groups in total. The summed E-state index contributed by atoms with van der Waals surface area (Å²) in [5.74, 6) is -1.01. The zero-order valence-electron chi connectivity index (χ0n) is 19.0. The fourth-order valence-corrected chi connectivity index (χ4v) is 4.68. The van der Waals surface area contributed by atoms with E-state index in [2.05, 4.69) is 5.32 Å². The monoisotopic (exact) mass is 567 g/mol. The van der Waals surface area contributed by atoms with Crippen LogP contribution in [-0.4, -0.2) is 50.0 Å². The van der Waals surface area contributed by atoms with Crippen LogP contribution in [0.2, 0.25) is 20.1 Å². The summed E-state index contributed by atoms with van der Waals surface area (Å²) >= 11 is 24.3. The van der Waals surface area contributed by atoms with Gasteiger partial charge in [-0.3, -0.25) is 13.9 Å². The largest absolute Gasteiger partial charge is 0.352 e. The van der Waals surface area contributed by atoms with E-state index < -0.39 is 34.4 Å². The molecule has 0 bridgehead atoms. The second-order valence-corrected chi connectivity index (χ2v) is 11.5. The van der Waals surface area contributed by atoms with Crippen molar-refractivity contribution in [1.82, 2.24) is 10.2 Å². The fourth-order valence-electron chi connectivity index (χ4n) is 3.08. The number of hydrogen-bond donors (Lipinski definition) is 1. The van der Waals surface area contributed by atoms with Gasteiger partial charge in [-0.25, -0.2) is 8.42 Å². The molecule has 0 radical (unpaired) electrons. The molecule has 0 fully saturated rings. The number of anilines is 1. The molecule has 0 saturated heterocycles. The molecule has 1 unspecified atom stereocenters. The molecule has 34 heavy (non-hydrogen) atoms. The fraction of sp³-hybridized carbons (Fsp3) is 0.364. The van der Waals surface area contributed by atoms with E-state index in [1.54, 1.807) is 32.9 Å². The predicted octanol–water partition coefficient (Wildman–Crippen LogP) is 5.01. The molecule has 0 aliphatic heterocycles. The maximum Gasteiger partial charge on any atom is 0.244 e. The van der Waals surface area contributed by atoms with Crippen LogP contribution in [0.5, 0.6) is 0 Å². The Balaban J connectivity index is 2.44. The van der Waals surface area contributed by atoms with Gasteiger partial charge in [0, 0.05) is 22.6 Å². The Labute approximate surface area is 220 Å². The van der Waals surface area contributed by atoms with Crippen LogP contribution < -0.4 is 9.62 Å². The lowest BCUT2D eigenvalue weighted by molar-refractivity contribution is -0.139. The Morgan fingerprint density at radius 2 is 1.59 bits per heavy atom. The lowest BCUT2D eigenvalue weighted by atomic mass is 10.1. The summed E-state index contributed by atoms with van der Waals surface area (Å²) in [6.45, 7) is 4.54. The number of carbonyl (C=O) groups is 2. The minimum absolute atomic E-state index is 0.0412. The van der Waals surface area contributed by atoms with Gasteiger partial charge in [-0.15, -0.1) is 0 Å². The Morgan fingerprint density at radius 1 is 0.941 bits per heavy atom. The first-order valence-electron chi connectivity index (χ1n) is 10.2. The average molecular weight is 569 g/mol. The van der Waals surface area contributed by atoms with E-state index >= 15 is 0 Å². The number of hydrogen-bond acceptors (Lipinski definition) is 4. The van der Waals surface area contributed by atoms with Gasteiger partial charge in [0.15, 0.2) is 0 Å². The van der Waals surface area contributed by atoms with E-state index in [1.807, 2.05) is 0 Å². The highest BCUT2D eigenvalue weighted by Crippen LogP contribution is 2.29. The van der Waals surface area contributed by atoms with Crippen molar-refractivity contribution in [3.05, 3.63) is 62.1 Å². The minimum Gasteiger partial charge on any atom is -0.352 e. The second-order valence-electron chi connectivity index (χ2n) is 7.96. The lowest BCUT2D eigenvalue weighted by Gasteiger charge is -2.32. The minimum atomic E-state index is -3.89. The van der Waals surface area contributed by atoms with Gasteiger partial charge < -0.3 is 10.2 Å². The highest BCUT2D eigenvalue weighted by atomic mass is 35.5. The molecule has 0 aliphatic carbocycles. The average Bonchev–Trinajstić information content (AvgIpc) is 2.71. The Kier molecular flexibility index (Phi) is 9.91. The number of rotatable bonds is 9. The van der Waals surface area contributed by atoms with Crippen molar-refractivity contribution in [2.45, 2.75) is 39.4 Å². The van der Waals surface area contributed by atoms with Crippen molar-refractivity contribution in [2.24, 2.45) is 0 Å². The van der Waals surface area contributed by atoms with E-state index in [-0.39, 0.29) is 28.3 Å². The third-order valence-corrected chi connectivity index (χ3v) is 7.29. The summed E-state index contributed by atoms with van der Waals surface area (Å²) in [4.78, 5) is 27.5. The molecule has 7 nitrogen and oxygen atoms in total. The Hall–Kier alpha value is -1.71. The lowest BCUT2D eigenvalue weighted by Crippen LogP contribution is -2.52. The molecule has 1 atom stereocenters. The SMILES string of the molecule is CC(C)NC(=O)C(C)N(Cc1ccc(Cl)cc1Cl)C(=O)CN(c1ccc(Cl)c(Cl)c1)S(C)(=O)=O. The third kappa shape index (κ3) is 7.65. The van der Waals surface area contributed by atoms with Crippen molar-refractivity contribution in [1.29, 1.82) is 0 Å². The zero-order chi connectivity index (χ0) is 25.8. The van der Waals surface area contributed by atoms with Crippen LogP contribution in [-0.2, 0) is 26.2 Å². The van der Waals surface area contributed by atoms with E-state index in [1.165, 1.54) is 29.2 Å². The summed E-state index contributed by atoms with van der Waals surface area (Å²) in [5, 5.41) is 3.87. The molecule has 0 saturated carbocycles. The summed E-state index contributed by atoms with van der Waals surface area (Å²) in [6, 6.07) is 7.94. The van der Waals surface area contributed by atoms with E-state index in [0.29, 0.717) is 15.6 Å². The smallest absolute Gasteiger partial charge is 0.244 e. The molecule has 2 aromatic carbocycles. The second kappa shape index (κ2) is 11.8. The van der Waals surface area contributed by atoms with Crippen molar-refractivity contribution in [3.8, 4) is 0 Å². The van der Waals surface area contributed by atoms with Gasteiger partial charge in [-0.1, -0.05) is 52.5 Å². The van der Waals surface area contributed by atoms with E-state index in [0.717, 1.165) is 10.6 Å². The maximum atomic E-state index is 13.5. The molecule has 0 aliphatic rings. The molecule has 0 aromatic heterocycles. The molecule has 2 rings (SSSR count). The van der Waals surface area contributed by atoms with Crippen molar-refractivity contribution in [2.75, 3.05) is 17.1 Å². The van der Waals surface area contributed by atoms with Gasteiger partial charge in [-0.2, -0.15) is 0 Å². The number of amides is 2. The topological polar surface area (TPSA) is 86.8 Å². The molecule has 0 heterocycles. The Morgan fingerprint density at radius 3 is 2.12 bits per heavy atom. The quantitative estimate of drug-likeness (QED) is 0.461. The van der Waals surface area contributed by atoms with Crippen LogP contribution in [0.1, 0.15) is 26.3 Å². The van der Waals surface area contributed by atoms with Crippen LogP contribution in [0.4, 0.5) is 5.69 Å². The number of nitrogens with one attached hydrogen (secondary N) is 1. The molecule has 186 valence electrons. The molecule has 2 aromatic rings. The van der Waals surface area contributed by atoms with Crippen molar-refractivity contribution >= 4 is 73.9 Å². The summed E-state index contributed by atoms with van der Waals surface area (Å²) in [5.41, 5.74) is 0.707.